The molecule has 1 amide bonds. The minimum absolute atomic E-state index is 0.0767. The molecule has 0 radical (unpaired) electrons. The Balaban J connectivity index is 1.53. The van der Waals surface area contributed by atoms with Crippen LogP contribution in [0.4, 0.5) is 17.5 Å². The minimum atomic E-state index is -0.371. The number of hydrogen-bond acceptors (Lipinski definition) is 6. The summed E-state index contributed by atoms with van der Waals surface area (Å²) in [5.41, 5.74) is 5.26. The van der Waals surface area contributed by atoms with Gasteiger partial charge in [-0.3, -0.25) is 14.8 Å². The van der Waals surface area contributed by atoms with Crippen molar-refractivity contribution in [2.45, 2.75) is 57.8 Å². The maximum atomic E-state index is 12.6. The van der Waals surface area contributed by atoms with Crippen molar-refractivity contribution in [3.8, 4) is 0 Å². The van der Waals surface area contributed by atoms with Crippen LogP contribution in [-0.4, -0.2) is 25.8 Å². The van der Waals surface area contributed by atoms with Gasteiger partial charge in [0, 0.05) is 23.6 Å². The predicted molar refractivity (Wildman–Crippen MR) is 112 cm³/mol. The Hall–Kier alpha value is -3.09. The van der Waals surface area contributed by atoms with Gasteiger partial charge in [-0.15, -0.1) is 0 Å². The Morgan fingerprint density at radius 3 is 2.59 bits per heavy atom. The van der Waals surface area contributed by atoms with Crippen LogP contribution in [0.1, 0.15) is 55.8 Å². The molecule has 2 aliphatic rings. The second kappa shape index (κ2) is 6.76. The molecule has 1 fully saturated rings. The number of benzene rings is 1. The number of hydrogen-bond donors (Lipinski definition) is 2. The summed E-state index contributed by atoms with van der Waals surface area (Å²) in [5, 5.41) is 6.35. The number of fused-ring (bicyclic) bond motifs is 3. The van der Waals surface area contributed by atoms with Gasteiger partial charge in [0.1, 0.15) is 5.82 Å². The molecule has 1 aliphatic heterocycles. The molecule has 0 bridgehead atoms. The van der Waals surface area contributed by atoms with E-state index in [0.29, 0.717) is 11.8 Å². The van der Waals surface area contributed by atoms with Gasteiger partial charge in [-0.05, 0) is 50.3 Å². The molecule has 148 valence electrons. The minimum Gasteiger partial charge on any atom is -0.324 e. The van der Waals surface area contributed by atoms with Crippen molar-refractivity contribution in [1.29, 1.82) is 0 Å². The molecule has 3 aromatic rings. The normalized spacial score (nSPS) is 16.1. The molecule has 1 aliphatic carbocycles. The van der Waals surface area contributed by atoms with Gasteiger partial charge in [0.05, 0.1) is 22.1 Å². The SMILES string of the molecule is CCCCCc1nc(Nc2cc3nccnc3cc2C)nc2c1C1(CC1)C(=O)N2. The molecular formula is C22H24N6O. The number of nitrogens with one attached hydrogen (secondary N) is 2. The summed E-state index contributed by atoms with van der Waals surface area (Å²) in [6, 6.07) is 3.97. The molecule has 29 heavy (non-hydrogen) atoms. The first kappa shape index (κ1) is 18.0. The van der Waals surface area contributed by atoms with Crippen molar-refractivity contribution in [2.75, 3.05) is 10.6 Å². The van der Waals surface area contributed by atoms with E-state index in [-0.39, 0.29) is 11.3 Å². The van der Waals surface area contributed by atoms with E-state index in [1.807, 2.05) is 19.1 Å². The highest BCUT2D eigenvalue weighted by molar-refractivity contribution is 6.08. The van der Waals surface area contributed by atoms with E-state index in [1.54, 1.807) is 12.4 Å². The molecule has 2 aromatic heterocycles. The van der Waals surface area contributed by atoms with Crippen molar-refractivity contribution in [1.82, 2.24) is 19.9 Å². The average molecular weight is 388 g/mol. The van der Waals surface area contributed by atoms with Crippen molar-refractivity contribution in [3.05, 3.63) is 41.3 Å². The van der Waals surface area contributed by atoms with Crippen LogP contribution in [0.2, 0.25) is 0 Å². The third-order valence-corrected chi connectivity index (χ3v) is 5.96. The topological polar surface area (TPSA) is 92.7 Å². The number of carbonyl (C=O) groups excluding carboxylic acids is 1. The highest BCUT2D eigenvalue weighted by atomic mass is 16.2. The van der Waals surface area contributed by atoms with Gasteiger partial charge in [0.15, 0.2) is 0 Å². The molecule has 1 saturated carbocycles. The third-order valence-electron chi connectivity index (χ3n) is 5.96. The van der Waals surface area contributed by atoms with Crippen LogP contribution >= 0.6 is 0 Å². The lowest BCUT2D eigenvalue weighted by Gasteiger charge is -2.14. The molecular weight excluding hydrogens is 364 g/mol. The summed E-state index contributed by atoms with van der Waals surface area (Å²) >= 11 is 0. The molecule has 2 N–H and O–H groups in total. The number of carbonyl (C=O) groups is 1. The maximum Gasteiger partial charge on any atom is 0.236 e. The van der Waals surface area contributed by atoms with E-state index < -0.39 is 0 Å². The first-order valence-electron chi connectivity index (χ1n) is 10.3. The zero-order chi connectivity index (χ0) is 20.0. The standard InChI is InChI=1S/C22H24N6O/c1-3-4-5-6-14-18-19(27-20(29)22(18)7-8-22)28-21(25-14)26-15-12-17-16(11-13(15)2)23-9-10-24-17/h9-12H,3-8H2,1-2H3,(H2,25,26,27,28,29). The van der Waals surface area contributed by atoms with E-state index >= 15 is 0 Å². The van der Waals surface area contributed by atoms with Gasteiger partial charge in [-0.25, -0.2) is 4.98 Å². The van der Waals surface area contributed by atoms with Crippen molar-refractivity contribution in [2.24, 2.45) is 0 Å². The molecule has 1 spiro atoms. The van der Waals surface area contributed by atoms with Crippen LogP contribution in [0.3, 0.4) is 0 Å². The fraction of sp³-hybridized carbons (Fsp3) is 0.409. The van der Waals surface area contributed by atoms with Gasteiger partial charge in [0.25, 0.3) is 0 Å². The predicted octanol–water partition coefficient (Wildman–Crippen LogP) is 4.19. The van der Waals surface area contributed by atoms with Crippen molar-refractivity contribution >= 4 is 34.4 Å². The number of nitrogens with zero attached hydrogens (tertiary/aromatic N) is 4. The summed E-state index contributed by atoms with van der Waals surface area (Å²) in [5.74, 6) is 1.27. The maximum absolute atomic E-state index is 12.6. The van der Waals surface area contributed by atoms with Gasteiger partial charge in [0.2, 0.25) is 11.9 Å². The molecule has 0 atom stereocenters. The summed E-state index contributed by atoms with van der Waals surface area (Å²) < 4.78 is 0. The zero-order valence-corrected chi connectivity index (χ0v) is 16.7. The lowest BCUT2D eigenvalue weighted by atomic mass is 9.95. The number of amides is 1. The largest absolute Gasteiger partial charge is 0.324 e. The van der Waals surface area contributed by atoms with Crippen LogP contribution in [0.5, 0.6) is 0 Å². The molecule has 5 rings (SSSR count). The lowest BCUT2D eigenvalue weighted by Crippen LogP contribution is -2.19. The van der Waals surface area contributed by atoms with Crippen LogP contribution in [-0.2, 0) is 16.6 Å². The second-order valence-corrected chi connectivity index (χ2v) is 8.05. The van der Waals surface area contributed by atoms with Crippen LogP contribution in [0, 0.1) is 6.92 Å². The molecule has 7 nitrogen and oxygen atoms in total. The number of unbranched alkanes of at least 4 members (excludes halogenated alkanes) is 2. The highest BCUT2D eigenvalue weighted by Crippen LogP contribution is 2.55. The Kier molecular flexibility index (Phi) is 4.19. The lowest BCUT2D eigenvalue weighted by molar-refractivity contribution is -0.117. The van der Waals surface area contributed by atoms with Gasteiger partial charge < -0.3 is 10.6 Å². The first-order chi connectivity index (χ1) is 14.1. The fourth-order valence-electron chi connectivity index (χ4n) is 4.19. The highest BCUT2D eigenvalue weighted by Gasteiger charge is 2.58. The third kappa shape index (κ3) is 3.01. The molecule has 0 unspecified atom stereocenters. The van der Waals surface area contributed by atoms with Gasteiger partial charge >= 0.3 is 0 Å². The van der Waals surface area contributed by atoms with Crippen molar-refractivity contribution < 1.29 is 4.79 Å². The van der Waals surface area contributed by atoms with E-state index in [9.17, 15) is 4.79 Å². The summed E-state index contributed by atoms with van der Waals surface area (Å²) in [4.78, 5) is 30.8. The number of anilines is 3. The fourth-order valence-corrected chi connectivity index (χ4v) is 4.19. The monoisotopic (exact) mass is 388 g/mol. The van der Waals surface area contributed by atoms with E-state index in [2.05, 4.69) is 32.5 Å². The Morgan fingerprint density at radius 2 is 1.86 bits per heavy atom. The zero-order valence-electron chi connectivity index (χ0n) is 16.7. The molecule has 7 heteroatoms. The molecule has 0 saturated heterocycles. The molecule has 1 aromatic carbocycles. The van der Waals surface area contributed by atoms with E-state index in [0.717, 1.165) is 72.1 Å². The number of rotatable bonds is 6. The van der Waals surface area contributed by atoms with Crippen LogP contribution in [0.15, 0.2) is 24.5 Å². The Morgan fingerprint density at radius 1 is 1.10 bits per heavy atom. The quantitative estimate of drug-likeness (QED) is 0.615. The first-order valence-corrected chi connectivity index (χ1v) is 10.3. The van der Waals surface area contributed by atoms with Crippen LogP contribution < -0.4 is 10.6 Å². The van der Waals surface area contributed by atoms with E-state index in [1.165, 1.54) is 0 Å². The Bertz CT molecular complexity index is 1120. The second-order valence-electron chi connectivity index (χ2n) is 8.05. The number of aromatic nitrogens is 4. The summed E-state index contributed by atoms with van der Waals surface area (Å²) in [6.45, 7) is 4.21. The van der Waals surface area contributed by atoms with E-state index in [4.69, 9.17) is 4.98 Å². The Labute approximate surface area is 169 Å². The van der Waals surface area contributed by atoms with Crippen LogP contribution in [0.25, 0.3) is 11.0 Å². The number of aryl methyl sites for hydroxylation is 2. The van der Waals surface area contributed by atoms with Gasteiger partial charge in [-0.2, -0.15) is 4.98 Å². The van der Waals surface area contributed by atoms with Crippen molar-refractivity contribution in [3.63, 3.8) is 0 Å². The average Bonchev–Trinajstić information content (AvgIpc) is 3.45. The summed E-state index contributed by atoms with van der Waals surface area (Å²) in [6.07, 6.45) is 9.40. The smallest absolute Gasteiger partial charge is 0.236 e. The molecule has 3 heterocycles. The summed E-state index contributed by atoms with van der Waals surface area (Å²) in [7, 11) is 0. The van der Waals surface area contributed by atoms with Gasteiger partial charge in [-0.1, -0.05) is 19.8 Å².